The summed E-state index contributed by atoms with van der Waals surface area (Å²) in [6.45, 7) is -0.352. The molecule has 0 saturated carbocycles. The van der Waals surface area contributed by atoms with Crippen LogP contribution >= 0.6 is 0 Å². The molecule has 5 rings (SSSR count). The largest absolute Gasteiger partial charge is 0.394 e. The van der Waals surface area contributed by atoms with Gasteiger partial charge >= 0.3 is 0 Å². The normalized spacial score (nSPS) is 28.2. The van der Waals surface area contributed by atoms with Crippen LogP contribution in [0.5, 0.6) is 0 Å². The van der Waals surface area contributed by atoms with Crippen LogP contribution in [-0.4, -0.2) is 105 Å². The van der Waals surface area contributed by atoms with Gasteiger partial charge in [0.1, 0.15) is 30.2 Å². The van der Waals surface area contributed by atoms with Crippen LogP contribution in [0.4, 0.5) is 11.8 Å². The monoisotopic (exact) mass is 496 g/mol. The number of aliphatic hydroxyl groups excluding tert-OH is 4. The van der Waals surface area contributed by atoms with Gasteiger partial charge in [-0.3, -0.25) is 9.36 Å². The summed E-state index contributed by atoms with van der Waals surface area (Å²) in [4.78, 5) is 26.4. The number of carbonyl (C=O) groups excluding carboxylic acids is 1. The number of aromatic nitrogens is 7. The number of nitrogen functional groups attached to an aromatic ring is 2. The Balaban J connectivity index is 0.000000165. The summed E-state index contributed by atoms with van der Waals surface area (Å²) in [5.74, 6) is -0.744. The molecule has 3 aromatic heterocycles. The predicted octanol–water partition coefficient (Wildman–Crippen LogP) is -4.16. The van der Waals surface area contributed by atoms with Gasteiger partial charge < -0.3 is 51.8 Å². The number of amides is 1. The second-order valence-corrected chi connectivity index (χ2v) is 7.47. The van der Waals surface area contributed by atoms with Crippen LogP contribution < -0.4 is 17.2 Å². The first-order chi connectivity index (χ1) is 16.7. The zero-order chi connectivity index (χ0) is 25.3. The highest BCUT2D eigenvalue weighted by Gasteiger charge is 2.44. The Labute approximate surface area is 195 Å². The summed E-state index contributed by atoms with van der Waals surface area (Å²) >= 11 is 0. The van der Waals surface area contributed by atoms with E-state index < -0.39 is 49.6 Å². The quantitative estimate of drug-likeness (QED) is 0.176. The van der Waals surface area contributed by atoms with E-state index in [1.807, 2.05) is 0 Å². The molecular weight excluding hydrogens is 472 g/mol. The molecule has 0 spiro atoms. The van der Waals surface area contributed by atoms with Gasteiger partial charge in [-0.05, 0) is 0 Å². The van der Waals surface area contributed by atoms with Crippen molar-refractivity contribution in [1.82, 2.24) is 34.3 Å². The summed E-state index contributed by atoms with van der Waals surface area (Å²) in [7, 11) is 0. The van der Waals surface area contributed by atoms with Crippen LogP contribution in [-0.2, 0) is 14.2 Å². The highest BCUT2D eigenvalue weighted by molar-refractivity contribution is 5.88. The van der Waals surface area contributed by atoms with Crippen molar-refractivity contribution >= 4 is 28.8 Å². The highest BCUT2D eigenvalue weighted by atomic mass is 16.7. The van der Waals surface area contributed by atoms with Crippen LogP contribution in [0.25, 0.3) is 11.2 Å². The fourth-order valence-corrected chi connectivity index (χ4v) is 3.46. The van der Waals surface area contributed by atoms with E-state index in [1.165, 1.54) is 6.33 Å². The molecular formula is C17H24N10O8. The molecule has 5 heterocycles. The third kappa shape index (κ3) is 4.84. The van der Waals surface area contributed by atoms with Gasteiger partial charge in [0.15, 0.2) is 30.2 Å². The van der Waals surface area contributed by atoms with E-state index in [2.05, 4.69) is 25.0 Å². The fourth-order valence-electron chi connectivity index (χ4n) is 3.46. The van der Waals surface area contributed by atoms with Gasteiger partial charge in [0.05, 0.1) is 26.1 Å². The molecule has 18 heteroatoms. The number of fused-ring (bicyclic) bond motifs is 1. The maximum Gasteiger partial charge on any atom is 0.288 e. The van der Waals surface area contributed by atoms with E-state index >= 15 is 0 Å². The molecule has 0 aromatic carbocycles. The molecule has 0 bridgehead atoms. The van der Waals surface area contributed by atoms with Crippen LogP contribution in [0.2, 0.25) is 0 Å². The zero-order valence-corrected chi connectivity index (χ0v) is 18.0. The molecule has 35 heavy (non-hydrogen) atoms. The topological polar surface area (TPSA) is 278 Å². The third-order valence-electron chi connectivity index (χ3n) is 5.17. The fraction of sp³-hybridized carbons (Fsp3) is 0.529. The minimum absolute atomic E-state index is 0.0689. The zero-order valence-electron chi connectivity index (χ0n) is 18.0. The number of nitrogens with two attached hydrogens (primary N) is 3. The number of nitrogens with zero attached hydrogens (tertiary/aromatic N) is 7. The number of hydrogen-bond donors (Lipinski definition) is 7. The number of hydrogen-bond acceptors (Lipinski definition) is 15. The second-order valence-electron chi connectivity index (χ2n) is 7.47. The molecule has 18 nitrogen and oxygen atoms in total. The molecule has 2 saturated heterocycles. The van der Waals surface area contributed by atoms with Crippen LogP contribution in [0, 0.1) is 0 Å². The van der Waals surface area contributed by atoms with Crippen LogP contribution in [0.3, 0.4) is 0 Å². The Bertz CT molecular complexity index is 1190. The lowest BCUT2D eigenvalue weighted by molar-refractivity contribution is -0.0980. The number of primary amides is 1. The molecule has 2 aliphatic rings. The number of imidazole rings is 1. The lowest BCUT2D eigenvalue weighted by Gasteiger charge is -2.13. The minimum atomic E-state index is -1.27. The first-order valence-corrected chi connectivity index (χ1v) is 10.2. The maximum atomic E-state index is 10.8. The molecule has 2 fully saturated rings. The standard InChI is InChI=1S/C9H12N6O3.C8H12N4O5/c10-7-6-8(14-9(11)13-7)15(3-12-6)4-2-17-5(1-16)18-4;9-6(16)7-10-2-12(11-7)8-5(15)4(14)3(1-13)17-8/h3-5,16H,1-2H2,(H4,10,11,13,14);2-5,8,13-15H,1H2,(H2,9,16)/t4-,5-;3-,4-,5-,8-/m11/s1. The Morgan fingerprint density at radius 2 is 1.86 bits per heavy atom. The molecule has 1 amide bonds. The van der Waals surface area contributed by atoms with Gasteiger partial charge in [0.25, 0.3) is 5.91 Å². The minimum Gasteiger partial charge on any atom is -0.394 e. The molecule has 0 radical (unpaired) electrons. The van der Waals surface area contributed by atoms with Crippen molar-refractivity contribution in [3.8, 4) is 0 Å². The van der Waals surface area contributed by atoms with Crippen molar-refractivity contribution in [2.45, 2.75) is 37.1 Å². The summed E-state index contributed by atoms with van der Waals surface area (Å²) in [6, 6.07) is 0. The van der Waals surface area contributed by atoms with Gasteiger partial charge in [-0.2, -0.15) is 9.97 Å². The number of rotatable bonds is 5. The SMILES string of the molecule is NC(=O)c1ncn([C@@H]2O[C@H](CO)[C@@H](O)[C@H]2O)n1.Nc1nc(N)c2ncn([C@H]3CO[C@@H](CO)O3)c2n1. The van der Waals surface area contributed by atoms with Gasteiger partial charge in [-0.15, -0.1) is 5.10 Å². The number of ether oxygens (including phenoxy) is 3. The van der Waals surface area contributed by atoms with E-state index in [0.29, 0.717) is 17.8 Å². The van der Waals surface area contributed by atoms with Crippen LogP contribution in [0.1, 0.15) is 23.1 Å². The van der Waals surface area contributed by atoms with Crippen molar-refractivity contribution in [2.75, 3.05) is 31.3 Å². The van der Waals surface area contributed by atoms with E-state index in [1.54, 1.807) is 4.57 Å². The van der Waals surface area contributed by atoms with Crippen molar-refractivity contribution in [3.05, 3.63) is 18.5 Å². The first-order valence-electron chi connectivity index (χ1n) is 10.2. The lowest BCUT2D eigenvalue weighted by Crippen LogP contribution is -2.33. The smallest absolute Gasteiger partial charge is 0.288 e. The van der Waals surface area contributed by atoms with Crippen LogP contribution in [0.15, 0.2) is 12.7 Å². The molecule has 0 unspecified atom stereocenters. The van der Waals surface area contributed by atoms with E-state index in [0.717, 1.165) is 11.0 Å². The summed E-state index contributed by atoms with van der Waals surface area (Å²) in [6.07, 6.45) is -2.78. The average molecular weight is 496 g/mol. The highest BCUT2D eigenvalue weighted by Crippen LogP contribution is 2.28. The number of carbonyl (C=O) groups is 1. The molecule has 10 N–H and O–H groups in total. The van der Waals surface area contributed by atoms with E-state index in [9.17, 15) is 15.0 Å². The molecule has 190 valence electrons. The molecule has 2 aliphatic heterocycles. The number of anilines is 2. The van der Waals surface area contributed by atoms with Gasteiger partial charge in [-0.1, -0.05) is 0 Å². The molecule has 6 atom stereocenters. The summed E-state index contributed by atoms with van der Waals surface area (Å²) in [5, 5.41) is 40.7. The first kappa shape index (κ1) is 24.6. The Morgan fingerprint density at radius 1 is 1.09 bits per heavy atom. The number of aliphatic hydroxyl groups is 4. The van der Waals surface area contributed by atoms with Gasteiger partial charge in [-0.25, -0.2) is 14.6 Å². The third-order valence-corrected chi connectivity index (χ3v) is 5.17. The van der Waals surface area contributed by atoms with E-state index in [-0.39, 0.29) is 24.2 Å². The molecule has 0 aliphatic carbocycles. The Morgan fingerprint density at radius 3 is 2.46 bits per heavy atom. The summed E-state index contributed by atoms with van der Waals surface area (Å²) < 4.78 is 18.6. The average Bonchev–Trinajstić information content (AvgIpc) is 3.61. The van der Waals surface area contributed by atoms with E-state index in [4.69, 9.17) is 41.6 Å². The Kier molecular flexibility index (Phi) is 7.03. The predicted molar refractivity (Wildman–Crippen MR) is 113 cm³/mol. The lowest BCUT2D eigenvalue weighted by atomic mass is 10.1. The Hall–Kier alpha value is -3.52. The second kappa shape index (κ2) is 10.00. The van der Waals surface area contributed by atoms with Gasteiger partial charge in [0, 0.05) is 0 Å². The van der Waals surface area contributed by atoms with Gasteiger partial charge in [0.2, 0.25) is 11.8 Å². The van der Waals surface area contributed by atoms with Crippen molar-refractivity contribution in [1.29, 1.82) is 0 Å². The maximum absolute atomic E-state index is 10.8. The van der Waals surface area contributed by atoms with Crippen molar-refractivity contribution < 1.29 is 39.4 Å². The summed E-state index contributed by atoms with van der Waals surface area (Å²) in [5.41, 5.74) is 17.2. The van der Waals surface area contributed by atoms with Crippen molar-refractivity contribution in [2.24, 2.45) is 5.73 Å². The van der Waals surface area contributed by atoms with Crippen molar-refractivity contribution in [3.63, 3.8) is 0 Å². The molecule has 3 aromatic rings.